The third kappa shape index (κ3) is 3.99. The maximum absolute atomic E-state index is 12.7. The van der Waals surface area contributed by atoms with Crippen molar-refractivity contribution < 1.29 is 4.79 Å². The molecule has 6 nitrogen and oxygen atoms in total. The van der Waals surface area contributed by atoms with Crippen molar-refractivity contribution in [3.63, 3.8) is 0 Å². The highest BCUT2D eigenvalue weighted by molar-refractivity contribution is 8.00. The van der Waals surface area contributed by atoms with Crippen molar-refractivity contribution in [2.45, 2.75) is 30.8 Å². The molecule has 5 rings (SSSR count). The highest BCUT2D eigenvalue weighted by atomic mass is 32.2. The molecule has 0 radical (unpaired) electrons. The second-order valence-corrected chi connectivity index (χ2v) is 9.86. The zero-order chi connectivity index (χ0) is 22.1. The number of rotatable bonds is 6. The van der Waals surface area contributed by atoms with E-state index in [2.05, 4.69) is 46.7 Å². The Balaban J connectivity index is 1.52. The minimum absolute atomic E-state index is 0.0363. The maximum Gasteiger partial charge on any atom is 0.233 e. The number of nitrogens with zero attached hydrogens (tertiary/aromatic N) is 4. The highest BCUT2D eigenvalue weighted by Gasteiger charge is 2.21. The van der Waals surface area contributed by atoms with Crippen molar-refractivity contribution in [1.29, 1.82) is 0 Å². The molecule has 5 aromatic rings. The van der Waals surface area contributed by atoms with Crippen LogP contribution in [0.15, 0.2) is 71.2 Å². The largest absolute Gasteiger partial charge is 0.350 e. The van der Waals surface area contributed by atoms with Gasteiger partial charge in [0, 0.05) is 15.8 Å². The highest BCUT2D eigenvalue weighted by Crippen LogP contribution is 2.30. The Kier molecular flexibility index (Phi) is 5.63. The van der Waals surface area contributed by atoms with Gasteiger partial charge in [-0.1, -0.05) is 59.8 Å². The van der Waals surface area contributed by atoms with Crippen LogP contribution in [0, 0.1) is 6.92 Å². The summed E-state index contributed by atoms with van der Waals surface area (Å²) < 4.78 is 1.96. The number of thiophene rings is 1. The van der Waals surface area contributed by atoms with Crippen LogP contribution in [-0.4, -0.2) is 30.7 Å². The van der Waals surface area contributed by atoms with E-state index in [9.17, 15) is 4.79 Å². The molecule has 0 aliphatic rings. The molecule has 8 heteroatoms. The van der Waals surface area contributed by atoms with E-state index in [4.69, 9.17) is 4.98 Å². The molecule has 3 heterocycles. The molecule has 0 fully saturated rings. The molecule has 1 N–H and O–H groups in total. The number of thioether (sulfide) groups is 1. The number of aromatic nitrogens is 4. The van der Waals surface area contributed by atoms with Crippen molar-refractivity contribution in [1.82, 2.24) is 24.9 Å². The SMILES string of the molecule is Cc1ccc(-c2nc3ccccc3c3nnc(S[C@@H](C)C(=O)NCc4cccs4)n23)cc1. The predicted octanol–water partition coefficient (Wildman–Crippen LogP) is 5.11. The molecular weight excluding hydrogens is 438 g/mol. The predicted molar refractivity (Wildman–Crippen MR) is 130 cm³/mol. The van der Waals surface area contributed by atoms with E-state index in [-0.39, 0.29) is 11.2 Å². The third-order valence-corrected chi connectivity index (χ3v) is 7.11. The Morgan fingerprint density at radius 3 is 2.69 bits per heavy atom. The topological polar surface area (TPSA) is 72.2 Å². The van der Waals surface area contributed by atoms with E-state index in [0.717, 1.165) is 32.8 Å². The van der Waals surface area contributed by atoms with Gasteiger partial charge in [-0.2, -0.15) is 0 Å². The molecule has 0 unspecified atom stereocenters. The summed E-state index contributed by atoms with van der Waals surface area (Å²) in [7, 11) is 0. The fourth-order valence-electron chi connectivity index (χ4n) is 3.48. The molecule has 1 amide bonds. The molecule has 2 aromatic carbocycles. The van der Waals surface area contributed by atoms with Gasteiger partial charge in [-0.3, -0.25) is 9.20 Å². The summed E-state index contributed by atoms with van der Waals surface area (Å²) in [6.07, 6.45) is 0. The first kappa shape index (κ1) is 20.7. The lowest BCUT2D eigenvalue weighted by Gasteiger charge is -2.13. The number of para-hydroxylation sites is 1. The van der Waals surface area contributed by atoms with Crippen molar-refractivity contribution >= 4 is 45.6 Å². The van der Waals surface area contributed by atoms with Crippen molar-refractivity contribution in [3.8, 4) is 11.4 Å². The normalized spacial score (nSPS) is 12.3. The van der Waals surface area contributed by atoms with Crippen molar-refractivity contribution in [2.75, 3.05) is 0 Å². The Morgan fingerprint density at radius 1 is 1.09 bits per heavy atom. The quantitative estimate of drug-likeness (QED) is 0.357. The van der Waals surface area contributed by atoms with Gasteiger partial charge in [-0.25, -0.2) is 4.98 Å². The van der Waals surface area contributed by atoms with Gasteiger partial charge in [0.2, 0.25) is 5.91 Å². The Bertz CT molecular complexity index is 1390. The number of carbonyl (C=O) groups excluding carboxylic acids is 1. The fraction of sp³-hybridized carbons (Fsp3) is 0.167. The standard InChI is InChI=1S/C24H21N5OS2/c1-15-9-11-17(12-10-15)21-26-20-8-4-3-7-19(20)22-27-28-24(29(21)22)32-16(2)23(30)25-14-18-6-5-13-31-18/h3-13,16H,14H2,1-2H3,(H,25,30)/t16-/m0/s1. The summed E-state index contributed by atoms with van der Waals surface area (Å²) >= 11 is 3.02. The lowest BCUT2D eigenvalue weighted by atomic mass is 10.1. The minimum atomic E-state index is -0.334. The third-order valence-electron chi connectivity index (χ3n) is 5.19. The summed E-state index contributed by atoms with van der Waals surface area (Å²) in [6, 6.07) is 20.2. The van der Waals surface area contributed by atoms with Gasteiger partial charge in [-0.05, 0) is 37.4 Å². The Labute approximate surface area is 193 Å². The van der Waals surface area contributed by atoms with Crippen LogP contribution in [0.4, 0.5) is 0 Å². The van der Waals surface area contributed by atoms with Gasteiger partial charge < -0.3 is 5.32 Å². The molecule has 3 aromatic heterocycles. The van der Waals surface area contributed by atoms with E-state index in [1.54, 1.807) is 11.3 Å². The molecule has 32 heavy (non-hydrogen) atoms. The first-order chi connectivity index (χ1) is 15.6. The molecule has 0 aliphatic carbocycles. The van der Waals surface area contributed by atoms with E-state index < -0.39 is 0 Å². The molecule has 160 valence electrons. The number of nitrogens with one attached hydrogen (secondary N) is 1. The van der Waals surface area contributed by atoms with E-state index in [1.807, 2.05) is 53.1 Å². The summed E-state index contributed by atoms with van der Waals surface area (Å²) in [5.41, 5.74) is 3.75. The fourth-order valence-corrected chi connectivity index (χ4v) is 4.99. The monoisotopic (exact) mass is 459 g/mol. The second-order valence-electron chi connectivity index (χ2n) is 7.52. The number of aryl methyl sites for hydroxylation is 1. The lowest BCUT2D eigenvalue weighted by molar-refractivity contribution is -0.120. The van der Waals surface area contributed by atoms with Gasteiger partial charge in [0.05, 0.1) is 17.3 Å². The van der Waals surface area contributed by atoms with Gasteiger partial charge in [-0.15, -0.1) is 21.5 Å². The van der Waals surface area contributed by atoms with Gasteiger partial charge in [0.25, 0.3) is 0 Å². The molecule has 0 saturated heterocycles. The Hall–Kier alpha value is -3.23. The van der Waals surface area contributed by atoms with Crippen LogP contribution in [0.1, 0.15) is 17.4 Å². The number of hydrogen-bond acceptors (Lipinski definition) is 6. The van der Waals surface area contributed by atoms with Crippen LogP contribution in [-0.2, 0) is 11.3 Å². The van der Waals surface area contributed by atoms with Gasteiger partial charge >= 0.3 is 0 Å². The zero-order valence-corrected chi connectivity index (χ0v) is 19.3. The maximum atomic E-state index is 12.7. The first-order valence-electron chi connectivity index (χ1n) is 10.3. The van der Waals surface area contributed by atoms with E-state index in [0.29, 0.717) is 11.7 Å². The molecule has 1 atom stereocenters. The van der Waals surface area contributed by atoms with Crippen LogP contribution >= 0.6 is 23.1 Å². The number of amides is 1. The van der Waals surface area contributed by atoms with Crippen LogP contribution < -0.4 is 5.32 Å². The summed E-state index contributed by atoms with van der Waals surface area (Å²) in [5, 5.41) is 15.2. The second kappa shape index (κ2) is 8.72. The smallest absolute Gasteiger partial charge is 0.233 e. The average molecular weight is 460 g/mol. The van der Waals surface area contributed by atoms with Crippen LogP contribution in [0.5, 0.6) is 0 Å². The van der Waals surface area contributed by atoms with E-state index >= 15 is 0 Å². The lowest BCUT2D eigenvalue weighted by Crippen LogP contribution is -2.30. The summed E-state index contributed by atoms with van der Waals surface area (Å²) in [5.74, 6) is 0.725. The molecular formula is C24H21N5OS2. The van der Waals surface area contributed by atoms with Crippen LogP contribution in [0.3, 0.4) is 0 Å². The van der Waals surface area contributed by atoms with Crippen molar-refractivity contribution in [2.24, 2.45) is 0 Å². The van der Waals surface area contributed by atoms with Gasteiger partial charge in [0.15, 0.2) is 10.8 Å². The molecule has 0 aliphatic heterocycles. The Morgan fingerprint density at radius 2 is 1.91 bits per heavy atom. The number of benzene rings is 2. The number of fused-ring (bicyclic) bond motifs is 3. The minimum Gasteiger partial charge on any atom is -0.350 e. The first-order valence-corrected chi connectivity index (χ1v) is 12.0. The van der Waals surface area contributed by atoms with Crippen LogP contribution in [0.25, 0.3) is 27.9 Å². The summed E-state index contributed by atoms with van der Waals surface area (Å²) in [6.45, 7) is 4.47. The van der Waals surface area contributed by atoms with Crippen molar-refractivity contribution in [3.05, 3.63) is 76.5 Å². The van der Waals surface area contributed by atoms with Crippen LogP contribution in [0.2, 0.25) is 0 Å². The molecule has 0 saturated carbocycles. The zero-order valence-electron chi connectivity index (χ0n) is 17.6. The number of carbonyl (C=O) groups is 1. The molecule has 0 spiro atoms. The molecule has 0 bridgehead atoms. The van der Waals surface area contributed by atoms with E-state index in [1.165, 1.54) is 17.3 Å². The average Bonchev–Trinajstić information content (AvgIpc) is 3.48. The number of hydrogen-bond donors (Lipinski definition) is 1. The summed E-state index contributed by atoms with van der Waals surface area (Å²) in [4.78, 5) is 18.8. The van der Waals surface area contributed by atoms with Gasteiger partial charge in [0.1, 0.15) is 5.82 Å².